The number of hydrogen-bond donors (Lipinski definition) is 2. The van der Waals surface area contributed by atoms with Crippen LogP contribution >= 0.6 is 0 Å². The molecule has 9 nitrogen and oxygen atoms in total. The first-order valence-electron chi connectivity index (χ1n) is 11.0. The van der Waals surface area contributed by atoms with Gasteiger partial charge < -0.3 is 20.3 Å². The summed E-state index contributed by atoms with van der Waals surface area (Å²) in [6.07, 6.45) is 7.64. The number of nitrogens with zero attached hydrogens (tertiary/aromatic N) is 5. The van der Waals surface area contributed by atoms with E-state index in [1.807, 2.05) is 52.0 Å². The van der Waals surface area contributed by atoms with Crippen LogP contribution in [0.15, 0.2) is 49.1 Å². The highest BCUT2D eigenvalue weighted by molar-refractivity contribution is 5.69. The highest BCUT2D eigenvalue weighted by Gasteiger charge is 2.29. The number of amides is 1. The normalized spacial score (nSPS) is 15.9. The molecule has 1 atom stereocenters. The molecule has 172 valence electrons. The lowest BCUT2D eigenvalue weighted by Gasteiger charge is -2.24. The zero-order valence-corrected chi connectivity index (χ0v) is 19.4. The molecule has 3 aromatic rings. The van der Waals surface area contributed by atoms with Crippen LogP contribution in [0.4, 0.5) is 22.2 Å². The lowest BCUT2D eigenvalue weighted by molar-refractivity contribution is 0.0293. The van der Waals surface area contributed by atoms with Gasteiger partial charge >= 0.3 is 6.09 Å². The van der Waals surface area contributed by atoms with E-state index in [4.69, 9.17) is 4.74 Å². The Morgan fingerprint density at radius 1 is 1.12 bits per heavy atom. The van der Waals surface area contributed by atoms with Crippen LogP contribution in [-0.4, -0.2) is 55.7 Å². The van der Waals surface area contributed by atoms with E-state index in [1.54, 1.807) is 29.7 Å². The summed E-state index contributed by atoms with van der Waals surface area (Å²) in [6, 6.07) is 7.89. The van der Waals surface area contributed by atoms with Gasteiger partial charge in [-0.2, -0.15) is 0 Å². The summed E-state index contributed by atoms with van der Waals surface area (Å²) in [5.74, 6) is 1.18. The number of ether oxygens (including phenoxy) is 1. The summed E-state index contributed by atoms with van der Waals surface area (Å²) in [5.41, 5.74) is 3.07. The van der Waals surface area contributed by atoms with Gasteiger partial charge in [0, 0.05) is 60.7 Å². The largest absolute Gasteiger partial charge is 0.444 e. The van der Waals surface area contributed by atoms with Crippen LogP contribution in [0.25, 0.3) is 11.1 Å². The number of aromatic nitrogens is 4. The minimum atomic E-state index is -0.495. The molecule has 0 radical (unpaired) electrons. The average molecular weight is 448 g/mol. The van der Waals surface area contributed by atoms with Gasteiger partial charge in [-0.25, -0.2) is 19.7 Å². The maximum atomic E-state index is 12.3. The molecule has 1 fully saturated rings. The monoisotopic (exact) mass is 447 g/mol. The number of likely N-dealkylation sites (tertiary alicyclic amines) is 1. The molecule has 9 heteroatoms. The Kier molecular flexibility index (Phi) is 6.39. The average Bonchev–Trinajstić information content (AvgIpc) is 3.22. The lowest BCUT2D eigenvalue weighted by Crippen LogP contribution is -2.36. The van der Waals surface area contributed by atoms with Gasteiger partial charge in [0.1, 0.15) is 11.4 Å². The number of rotatable bonds is 5. The van der Waals surface area contributed by atoms with Crippen molar-refractivity contribution in [2.24, 2.45) is 0 Å². The molecule has 0 aliphatic carbocycles. The second-order valence-corrected chi connectivity index (χ2v) is 9.10. The standard InChI is InChI=1S/C24H29N7O2/c1-16-6-5-7-21(28-16)30-22-26-12-18(13-27-22)17-10-20(14-25-11-17)29-19-8-9-31(15-19)23(32)33-24(2,3)4/h5-7,10-14,19,29H,8-9,15H2,1-4H3,(H,26,27,28,30)/t19-/m0/s1. The van der Waals surface area contributed by atoms with E-state index in [-0.39, 0.29) is 12.1 Å². The predicted molar refractivity (Wildman–Crippen MR) is 127 cm³/mol. The Balaban J connectivity index is 1.37. The Bertz CT molecular complexity index is 1110. The second-order valence-electron chi connectivity index (χ2n) is 9.10. The van der Waals surface area contributed by atoms with Crippen molar-refractivity contribution in [2.75, 3.05) is 23.7 Å². The number of pyridine rings is 2. The number of nitrogens with one attached hydrogen (secondary N) is 2. The van der Waals surface area contributed by atoms with Gasteiger partial charge in [0.25, 0.3) is 0 Å². The third-order valence-corrected chi connectivity index (χ3v) is 5.06. The summed E-state index contributed by atoms with van der Waals surface area (Å²) < 4.78 is 5.47. The molecule has 0 unspecified atom stereocenters. The molecule has 4 heterocycles. The number of carbonyl (C=O) groups excluding carboxylic acids is 1. The topological polar surface area (TPSA) is 105 Å². The van der Waals surface area contributed by atoms with Crippen molar-refractivity contribution in [1.82, 2.24) is 24.8 Å². The molecule has 0 bridgehead atoms. The van der Waals surface area contributed by atoms with Crippen LogP contribution in [0.5, 0.6) is 0 Å². The van der Waals surface area contributed by atoms with E-state index in [0.717, 1.165) is 28.9 Å². The first kappa shape index (κ1) is 22.4. The molecule has 3 aromatic heterocycles. The molecule has 2 N–H and O–H groups in total. The number of anilines is 3. The molecule has 0 aromatic carbocycles. The van der Waals surface area contributed by atoms with E-state index >= 15 is 0 Å². The molecule has 4 rings (SSSR count). The molecule has 1 saturated heterocycles. The van der Waals surface area contributed by atoms with Crippen LogP contribution in [0.1, 0.15) is 32.9 Å². The lowest BCUT2D eigenvalue weighted by atomic mass is 10.1. The molecule has 1 amide bonds. The molecule has 0 spiro atoms. The van der Waals surface area contributed by atoms with Gasteiger partial charge in [-0.3, -0.25) is 4.98 Å². The van der Waals surface area contributed by atoms with Crippen LogP contribution < -0.4 is 10.6 Å². The highest BCUT2D eigenvalue weighted by atomic mass is 16.6. The number of carbonyl (C=O) groups is 1. The number of hydrogen-bond acceptors (Lipinski definition) is 8. The van der Waals surface area contributed by atoms with Gasteiger partial charge in [0.2, 0.25) is 5.95 Å². The fraction of sp³-hybridized carbons (Fsp3) is 0.375. The van der Waals surface area contributed by atoms with Gasteiger partial charge in [-0.15, -0.1) is 0 Å². The van der Waals surface area contributed by atoms with Crippen LogP contribution in [0.3, 0.4) is 0 Å². The Morgan fingerprint density at radius 2 is 1.91 bits per heavy atom. The number of aryl methyl sites for hydroxylation is 1. The van der Waals surface area contributed by atoms with E-state index in [2.05, 4.69) is 30.6 Å². The fourth-order valence-corrected chi connectivity index (χ4v) is 3.55. The van der Waals surface area contributed by atoms with Crippen LogP contribution in [-0.2, 0) is 4.74 Å². The van der Waals surface area contributed by atoms with Crippen LogP contribution in [0.2, 0.25) is 0 Å². The van der Waals surface area contributed by atoms with Crippen molar-refractivity contribution >= 4 is 23.5 Å². The third kappa shape index (κ3) is 6.15. The van der Waals surface area contributed by atoms with Crippen molar-refractivity contribution in [3.63, 3.8) is 0 Å². The van der Waals surface area contributed by atoms with E-state index in [0.29, 0.717) is 24.9 Å². The Morgan fingerprint density at radius 3 is 2.64 bits per heavy atom. The quantitative estimate of drug-likeness (QED) is 0.593. The second kappa shape index (κ2) is 9.40. The fourth-order valence-electron chi connectivity index (χ4n) is 3.55. The summed E-state index contributed by atoms with van der Waals surface area (Å²) in [5, 5.41) is 6.58. The molecule has 0 saturated carbocycles. The molecular weight excluding hydrogens is 418 g/mol. The predicted octanol–water partition coefficient (Wildman–Crippen LogP) is 4.41. The summed E-state index contributed by atoms with van der Waals surface area (Å²) in [7, 11) is 0. The minimum Gasteiger partial charge on any atom is -0.444 e. The minimum absolute atomic E-state index is 0.138. The van der Waals surface area contributed by atoms with E-state index in [1.165, 1.54) is 0 Å². The van der Waals surface area contributed by atoms with Crippen molar-refractivity contribution < 1.29 is 9.53 Å². The van der Waals surface area contributed by atoms with Crippen molar-refractivity contribution in [1.29, 1.82) is 0 Å². The molecule has 1 aliphatic heterocycles. The SMILES string of the molecule is Cc1cccc(Nc2ncc(-c3cncc(N[C@H]4CCN(C(=O)OC(C)(C)C)C4)c3)cn2)n1. The van der Waals surface area contributed by atoms with E-state index in [9.17, 15) is 4.79 Å². The first-order valence-corrected chi connectivity index (χ1v) is 11.0. The summed E-state index contributed by atoms with van der Waals surface area (Å²) in [4.78, 5) is 31.6. The van der Waals surface area contributed by atoms with Gasteiger partial charge in [0.15, 0.2) is 0 Å². The van der Waals surface area contributed by atoms with Gasteiger partial charge in [-0.05, 0) is 52.3 Å². The van der Waals surface area contributed by atoms with Crippen molar-refractivity contribution in [2.45, 2.75) is 45.8 Å². The maximum Gasteiger partial charge on any atom is 0.410 e. The molecule has 33 heavy (non-hydrogen) atoms. The Hall–Kier alpha value is -3.75. The third-order valence-electron chi connectivity index (χ3n) is 5.06. The summed E-state index contributed by atoms with van der Waals surface area (Å²) >= 11 is 0. The summed E-state index contributed by atoms with van der Waals surface area (Å²) in [6.45, 7) is 8.82. The first-order chi connectivity index (χ1) is 15.7. The smallest absolute Gasteiger partial charge is 0.410 e. The van der Waals surface area contributed by atoms with Crippen LogP contribution in [0, 0.1) is 6.92 Å². The van der Waals surface area contributed by atoms with Gasteiger partial charge in [-0.1, -0.05) is 6.07 Å². The maximum absolute atomic E-state index is 12.3. The zero-order valence-electron chi connectivity index (χ0n) is 19.4. The molecular formula is C24H29N7O2. The molecule has 1 aliphatic rings. The Labute approximate surface area is 193 Å². The highest BCUT2D eigenvalue weighted by Crippen LogP contribution is 2.23. The van der Waals surface area contributed by atoms with Gasteiger partial charge in [0.05, 0.1) is 5.69 Å². The van der Waals surface area contributed by atoms with Crippen molar-refractivity contribution in [3.8, 4) is 11.1 Å². The van der Waals surface area contributed by atoms with Crippen molar-refractivity contribution in [3.05, 3.63) is 54.7 Å². The zero-order chi connectivity index (χ0) is 23.4. The van der Waals surface area contributed by atoms with E-state index < -0.39 is 5.60 Å².